The van der Waals surface area contributed by atoms with E-state index in [1.54, 1.807) is 6.92 Å². The highest BCUT2D eigenvalue weighted by molar-refractivity contribution is 7.98. The minimum atomic E-state index is -3.50. The fourth-order valence-electron chi connectivity index (χ4n) is 2.09. The van der Waals surface area contributed by atoms with Crippen LogP contribution in [0, 0.1) is 6.92 Å². The standard InChI is InChI=1S/C12H17N3O2S2/c1-3-7-11(12-10(2)13-18-14-12)19(16,17)15-8-5-4-6-9-15/h3,7H,1,4-6,8-9H2,2H3/b11-7+. The Balaban J connectivity index is 2.42. The van der Waals surface area contributed by atoms with Gasteiger partial charge in [0.25, 0.3) is 0 Å². The first-order valence-electron chi connectivity index (χ1n) is 6.20. The molecule has 1 saturated heterocycles. The summed E-state index contributed by atoms with van der Waals surface area (Å²) in [5.74, 6) is 0. The molecule has 5 nitrogen and oxygen atoms in total. The van der Waals surface area contributed by atoms with E-state index in [1.807, 2.05) is 0 Å². The van der Waals surface area contributed by atoms with Crippen molar-refractivity contribution in [3.05, 3.63) is 30.1 Å². The lowest BCUT2D eigenvalue weighted by Crippen LogP contribution is -2.36. The van der Waals surface area contributed by atoms with Crippen molar-refractivity contribution in [2.24, 2.45) is 0 Å². The number of nitrogens with zero attached hydrogens (tertiary/aromatic N) is 3. The molecule has 0 spiro atoms. The second-order valence-corrected chi connectivity index (χ2v) is 6.86. The van der Waals surface area contributed by atoms with Crippen molar-refractivity contribution in [3.8, 4) is 0 Å². The van der Waals surface area contributed by atoms with E-state index in [1.165, 1.54) is 16.5 Å². The molecule has 0 N–H and O–H groups in total. The zero-order valence-corrected chi connectivity index (χ0v) is 12.5. The van der Waals surface area contributed by atoms with Gasteiger partial charge in [-0.2, -0.15) is 13.1 Å². The summed E-state index contributed by atoms with van der Waals surface area (Å²) in [6, 6.07) is 0. The van der Waals surface area contributed by atoms with E-state index >= 15 is 0 Å². The van der Waals surface area contributed by atoms with Crippen LogP contribution in [0.4, 0.5) is 0 Å². The minimum absolute atomic E-state index is 0.204. The first-order chi connectivity index (χ1) is 9.07. The van der Waals surface area contributed by atoms with E-state index in [4.69, 9.17) is 0 Å². The molecule has 0 atom stereocenters. The molecule has 1 fully saturated rings. The molecule has 2 rings (SSSR count). The first-order valence-corrected chi connectivity index (χ1v) is 8.37. The smallest absolute Gasteiger partial charge is 0.207 e. The quantitative estimate of drug-likeness (QED) is 0.800. The van der Waals surface area contributed by atoms with Crippen LogP contribution in [0.1, 0.15) is 30.7 Å². The van der Waals surface area contributed by atoms with Gasteiger partial charge in [0.15, 0.2) is 0 Å². The van der Waals surface area contributed by atoms with Crippen molar-refractivity contribution in [2.45, 2.75) is 26.2 Å². The molecule has 0 aliphatic carbocycles. The Morgan fingerprint density at radius 3 is 2.53 bits per heavy atom. The summed E-state index contributed by atoms with van der Waals surface area (Å²) in [7, 11) is -3.50. The highest BCUT2D eigenvalue weighted by Crippen LogP contribution is 2.27. The molecule has 104 valence electrons. The number of hydrogen-bond acceptors (Lipinski definition) is 5. The maximum atomic E-state index is 12.7. The molecule has 1 aliphatic heterocycles. The average Bonchev–Trinajstić information content (AvgIpc) is 2.83. The molecule has 0 amide bonds. The highest BCUT2D eigenvalue weighted by atomic mass is 32.2. The van der Waals surface area contributed by atoms with E-state index in [-0.39, 0.29) is 4.91 Å². The Bertz CT molecular complexity index is 584. The number of rotatable bonds is 4. The number of aromatic nitrogens is 2. The molecule has 1 aromatic rings. The lowest BCUT2D eigenvalue weighted by molar-refractivity contribution is 0.351. The van der Waals surface area contributed by atoms with Gasteiger partial charge in [-0.1, -0.05) is 19.1 Å². The second kappa shape index (κ2) is 5.94. The van der Waals surface area contributed by atoms with E-state index < -0.39 is 10.0 Å². The Morgan fingerprint density at radius 1 is 1.32 bits per heavy atom. The van der Waals surface area contributed by atoms with E-state index in [9.17, 15) is 8.42 Å². The molecule has 0 aromatic carbocycles. The van der Waals surface area contributed by atoms with Crippen molar-refractivity contribution < 1.29 is 8.42 Å². The predicted molar refractivity (Wildman–Crippen MR) is 77.2 cm³/mol. The average molecular weight is 299 g/mol. The van der Waals surface area contributed by atoms with Crippen molar-refractivity contribution in [1.29, 1.82) is 0 Å². The maximum absolute atomic E-state index is 12.7. The molecule has 0 radical (unpaired) electrons. The van der Waals surface area contributed by atoms with Crippen LogP contribution in [0.3, 0.4) is 0 Å². The Labute approximate surface area is 118 Å². The monoisotopic (exact) mass is 299 g/mol. The number of hydrogen-bond donors (Lipinski definition) is 0. The van der Waals surface area contributed by atoms with E-state index in [2.05, 4.69) is 15.3 Å². The Hall–Kier alpha value is -1.05. The molecule has 0 saturated carbocycles. The molecule has 7 heteroatoms. The third-order valence-electron chi connectivity index (χ3n) is 3.09. The third-order valence-corrected chi connectivity index (χ3v) is 5.64. The van der Waals surface area contributed by atoms with Gasteiger partial charge in [0, 0.05) is 13.1 Å². The topological polar surface area (TPSA) is 63.2 Å². The first kappa shape index (κ1) is 14.4. The van der Waals surface area contributed by atoms with Crippen molar-refractivity contribution in [1.82, 2.24) is 13.1 Å². The molecule has 1 aliphatic rings. The summed E-state index contributed by atoms with van der Waals surface area (Å²) in [6.07, 6.45) is 5.90. The van der Waals surface area contributed by atoms with E-state index in [0.717, 1.165) is 31.0 Å². The Kier molecular flexibility index (Phi) is 4.49. The molecular weight excluding hydrogens is 282 g/mol. The third kappa shape index (κ3) is 2.93. The van der Waals surface area contributed by atoms with Gasteiger partial charge >= 0.3 is 0 Å². The predicted octanol–water partition coefficient (Wildman–Crippen LogP) is 2.19. The normalized spacial score (nSPS) is 18.5. The fourth-order valence-corrected chi connectivity index (χ4v) is 4.44. The Morgan fingerprint density at radius 2 is 2.00 bits per heavy atom. The number of allylic oxidation sites excluding steroid dienone is 2. The van der Waals surface area contributed by atoms with Crippen LogP contribution in [-0.2, 0) is 10.0 Å². The molecule has 0 unspecified atom stereocenters. The summed E-state index contributed by atoms with van der Waals surface area (Å²) < 4.78 is 35.0. The summed E-state index contributed by atoms with van der Waals surface area (Å²) in [5, 5.41) is 0. The summed E-state index contributed by atoms with van der Waals surface area (Å²) in [5.41, 5.74) is 1.08. The number of sulfonamides is 1. The van der Waals surface area contributed by atoms with Crippen LogP contribution in [0.25, 0.3) is 4.91 Å². The van der Waals surface area contributed by atoms with Crippen LogP contribution in [0.15, 0.2) is 18.7 Å². The number of aryl methyl sites for hydroxylation is 1. The van der Waals surface area contributed by atoms with Crippen molar-refractivity contribution >= 4 is 26.7 Å². The van der Waals surface area contributed by atoms with Gasteiger partial charge in [-0.15, -0.1) is 0 Å². The number of piperidine rings is 1. The van der Waals surface area contributed by atoms with E-state index in [0.29, 0.717) is 24.5 Å². The van der Waals surface area contributed by atoms with Gasteiger partial charge in [0.2, 0.25) is 10.0 Å². The lowest BCUT2D eigenvalue weighted by Gasteiger charge is -2.26. The van der Waals surface area contributed by atoms with Crippen LogP contribution < -0.4 is 0 Å². The van der Waals surface area contributed by atoms with Gasteiger partial charge in [-0.25, -0.2) is 8.42 Å². The lowest BCUT2D eigenvalue weighted by atomic mass is 10.2. The van der Waals surface area contributed by atoms with Gasteiger partial charge in [-0.3, -0.25) is 0 Å². The second-order valence-electron chi connectivity index (χ2n) is 4.43. The summed E-state index contributed by atoms with van der Waals surface area (Å²) in [4.78, 5) is 0.204. The fraction of sp³-hybridized carbons (Fsp3) is 0.500. The van der Waals surface area contributed by atoms with Gasteiger partial charge < -0.3 is 0 Å². The highest BCUT2D eigenvalue weighted by Gasteiger charge is 2.30. The van der Waals surface area contributed by atoms with Gasteiger partial charge in [0.1, 0.15) is 10.6 Å². The summed E-state index contributed by atoms with van der Waals surface area (Å²) >= 11 is 1.03. The maximum Gasteiger partial charge on any atom is 0.245 e. The summed E-state index contributed by atoms with van der Waals surface area (Å²) in [6.45, 7) is 6.51. The molecule has 0 bridgehead atoms. The SMILES string of the molecule is C=C/C=C(\c1nsnc1C)S(=O)(=O)N1CCCCC1. The van der Waals surface area contributed by atoms with Crippen LogP contribution in [0.5, 0.6) is 0 Å². The molecule has 1 aromatic heterocycles. The zero-order valence-electron chi connectivity index (χ0n) is 10.9. The molecule has 19 heavy (non-hydrogen) atoms. The van der Waals surface area contributed by atoms with Crippen LogP contribution in [0.2, 0.25) is 0 Å². The van der Waals surface area contributed by atoms with Gasteiger partial charge in [-0.05, 0) is 25.8 Å². The largest absolute Gasteiger partial charge is 0.245 e. The molecular formula is C12H17N3O2S2. The van der Waals surface area contributed by atoms with Crippen molar-refractivity contribution in [3.63, 3.8) is 0 Å². The van der Waals surface area contributed by atoms with Crippen LogP contribution in [-0.4, -0.2) is 34.6 Å². The molecule has 2 heterocycles. The minimum Gasteiger partial charge on any atom is -0.207 e. The van der Waals surface area contributed by atoms with Gasteiger partial charge in [0.05, 0.1) is 17.4 Å². The zero-order chi connectivity index (χ0) is 13.9. The van der Waals surface area contributed by atoms with Crippen LogP contribution >= 0.6 is 11.7 Å². The van der Waals surface area contributed by atoms with Crippen molar-refractivity contribution in [2.75, 3.05) is 13.1 Å².